The number of aromatic nitrogens is 2. The van der Waals surface area contributed by atoms with Crippen molar-refractivity contribution < 1.29 is 14.4 Å². The number of nitrogens with zero attached hydrogens (tertiary/aromatic N) is 2. The molecule has 1 unspecified atom stereocenters. The van der Waals surface area contributed by atoms with Crippen LogP contribution in [0.15, 0.2) is 119 Å². The number of aryl methyl sites for hydroxylation is 1. The molecule has 44 heavy (non-hydrogen) atoms. The average molecular weight is 620 g/mol. The summed E-state index contributed by atoms with van der Waals surface area (Å²) in [6.45, 7) is 3.86. The summed E-state index contributed by atoms with van der Waals surface area (Å²) < 4.78 is 0. The van der Waals surface area contributed by atoms with Crippen LogP contribution in [0.1, 0.15) is 28.4 Å². The zero-order valence-electron chi connectivity index (χ0n) is 24.0. The van der Waals surface area contributed by atoms with Crippen molar-refractivity contribution in [1.29, 1.82) is 0 Å². The van der Waals surface area contributed by atoms with Gasteiger partial charge in [-0.1, -0.05) is 54.1 Å². The molecule has 5 rings (SSSR count). The lowest BCUT2D eigenvalue weighted by Gasteiger charge is -2.13. The predicted molar refractivity (Wildman–Crippen MR) is 177 cm³/mol. The minimum absolute atomic E-state index is 0.0725. The third-order valence-electron chi connectivity index (χ3n) is 6.40. The predicted octanol–water partition coefficient (Wildman–Crippen LogP) is 7.04. The highest BCUT2D eigenvalue weighted by Gasteiger charge is 2.18. The molecule has 0 spiro atoms. The molecule has 3 amide bonds. The summed E-state index contributed by atoms with van der Waals surface area (Å²) >= 11 is 2.78. The van der Waals surface area contributed by atoms with Gasteiger partial charge in [0.2, 0.25) is 5.91 Å². The first kappa shape index (κ1) is 30.4. The molecule has 8 nitrogen and oxygen atoms in total. The third kappa shape index (κ3) is 8.27. The van der Waals surface area contributed by atoms with Crippen LogP contribution in [-0.2, 0) is 9.59 Å². The molecule has 0 radical (unpaired) electrons. The van der Waals surface area contributed by atoms with Gasteiger partial charge < -0.3 is 16.0 Å². The van der Waals surface area contributed by atoms with E-state index in [-0.39, 0.29) is 16.9 Å². The third-order valence-corrected chi connectivity index (χ3v) is 8.27. The maximum Gasteiger partial charge on any atom is 0.272 e. The van der Waals surface area contributed by atoms with E-state index in [4.69, 9.17) is 0 Å². The number of carbonyl (C=O) groups is 3. The lowest BCUT2D eigenvalue weighted by molar-refractivity contribution is -0.115. The second-order valence-electron chi connectivity index (χ2n) is 9.80. The van der Waals surface area contributed by atoms with E-state index >= 15 is 0 Å². The molecule has 0 aliphatic carbocycles. The lowest BCUT2D eigenvalue weighted by Crippen LogP contribution is -2.30. The molecule has 0 bridgehead atoms. The summed E-state index contributed by atoms with van der Waals surface area (Å²) in [5, 5.41) is 10.5. The number of amides is 3. The Morgan fingerprint density at radius 1 is 0.886 bits per heavy atom. The molecule has 0 saturated carbocycles. The Morgan fingerprint density at radius 3 is 2.34 bits per heavy atom. The molecule has 2 heterocycles. The second-order valence-corrected chi connectivity index (χ2v) is 12.1. The van der Waals surface area contributed by atoms with Crippen LogP contribution in [0.25, 0.3) is 17.3 Å². The number of benzene rings is 3. The summed E-state index contributed by atoms with van der Waals surface area (Å²) in [4.78, 5) is 48.4. The van der Waals surface area contributed by atoms with Crippen molar-refractivity contribution in [2.75, 3.05) is 10.6 Å². The van der Waals surface area contributed by atoms with Gasteiger partial charge in [0.1, 0.15) is 5.70 Å². The molecule has 3 N–H and O–H groups in total. The fourth-order valence-corrected chi connectivity index (χ4v) is 5.63. The Bertz CT molecular complexity index is 1770. The van der Waals surface area contributed by atoms with Crippen LogP contribution in [-0.4, -0.2) is 32.9 Å². The Labute approximate surface area is 263 Å². The minimum atomic E-state index is -0.486. The van der Waals surface area contributed by atoms with Gasteiger partial charge in [0.15, 0.2) is 5.13 Å². The highest BCUT2D eigenvalue weighted by molar-refractivity contribution is 8.00. The van der Waals surface area contributed by atoms with E-state index in [1.807, 2.05) is 61.7 Å². The summed E-state index contributed by atoms with van der Waals surface area (Å²) in [6, 6.07) is 27.5. The van der Waals surface area contributed by atoms with E-state index in [1.54, 1.807) is 67.0 Å². The number of nitrogens with one attached hydrogen (secondary N) is 3. The van der Waals surface area contributed by atoms with Crippen LogP contribution in [0.5, 0.6) is 0 Å². The first-order valence-electron chi connectivity index (χ1n) is 13.7. The molecular formula is C34H29N5O3S2. The summed E-state index contributed by atoms with van der Waals surface area (Å²) in [7, 11) is 0. The Kier molecular flexibility index (Phi) is 9.96. The maximum atomic E-state index is 13.2. The highest BCUT2D eigenvalue weighted by Crippen LogP contribution is 2.28. The van der Waals surface area contributed by atoms with E-state index in [2.05, 4.69) is 25.9 Å². The summed E-state index contributed by atoms with van der Waals surface area (Å²) in [5.74, 6) is -1.05. The molecule has 0 aliphatic rings. The second kappa shape index (κ2) is 14.4. The Balaban J connectivity index is 1.20. The Morgan fingerprint density at radius 2 is 1.64 bits per heavy atom. The zero-order chi connectivity index (χ0) is 30.9. The van der Waals surface area contributed by atoms with Gasteiger partial charge in [0.25, 0.3) is 11.8 Å². The van der Waals surface area contributed by atoms with Crippen molar-refractivity contribution in [2.24, 2.45) is 0 Å². The van der Waals surface area contributed by atoms with Crippen LogP contribution in [0.4, 0.5) is 10.8 Å². The summed E-state index contributed by atoms with van der Waals surface area (Å²) in [6.07, 6.45) is 4.80. The van der Waals surface area contributed by atoms with Crippen molar-refractivity contribution in [3.8, 4) is 11.3 Å². The van der Waals surface area contributed by atoms with E-state index in [0.29, 0.717) is 21.9 Å². The fraction of sp³-hybridized carbons (Fsp3) is 0.0882. The molecule has 220 valence electrons. The topological polar surface area (TPSA) is 113 Å². The van der Waals surface area contributed by atoms with Gasteiger partial charge in [-0.3, -0.25) is 19.4 Å². The monoisotopic (exact) mass is 619 g/mol. The van der Waals surface area contributed by atoms with Crippen molar-refractivity contribution in [3.05, 3.63) is 131 Å². The van der Waals surface area contributed by atoms with Gasteiger partial charge in [-0.15, -0.1) is 23.1 Å². The van der Waals surface area contributed by atoms with E-state index in [1.165, 1.54) is 28.7 Å². The van der Waals surface area contributed by atoms with Gasteiger partial charge in [-0.25, -0.2) is 4.98 Å². The molecule has 10 heteroatoms. The number of thioether (sulfide) groups is 1. The number of rotatable bonds is 10. The van der Waals surface area contributed by atoms with Crippen LogP contribution >= 0.6 is 23.1 Å². The SMILES string of the molecule is Cc1ccc(-c2csc(NC(=O)C(C)Sc3ccc(NC(=O)/C(=C/c4cccnc4)NC(=O)c4ccccc4)cc3)n2)cc1. The molecular weight excluding hydrogens is 591 g/mol. The van der Waals surface area contributed by atoms with Crippen molar-refractivity contribution in [3.63, 3.8) is 0 Å². The fourth-order valence-electron chi connectivity index (χ4n) is 4.04. The molecule has 0 saturated heterocycles. The molecule has 0 fully saturated rings. The first-order valence-corrected chi connectivity index (χ1v) is 15.5. The Hall–Kier alpha value is -5.06. The summed E-state index contributed by atoms with van der Waals surface area (Å²) in [5.41, 5.74) is 4.69. The number of anilines is 2. The van der Waals surface area contributed by atoms with Crippen LogP contribution < -0.4 is 16.0 Å². The van der Waals surface area contributed by atoms with E-state index < -0.39 is 11.8 Å². The largest absolute Gasteiger partial charge is 0.321 e. The minimum Gasteiger partial charge on any atom is -0.321 e. The average Bonchev–Trinajstić information content (AvgIpc) is 3.51. The van der Waals surface area contributed by atoms with E-state index in [0.717, 1.165) is 16.2 Å². The molecule has 1 atom stereocenters. The van der Waals surface area contributed by atoms with Crippen LogP contribution in [0.2, 0.25) is 0 Å². The molecule has 5 aromatic rings. The van der Waals surface area contributed by atoms with Crippen molar-refractivity contribution >= 4 is 57.7 Å². The van der Waals surface area contributed by atoms with Gasteiger partial charge in [0.05, 0.1) is 10.9 Å². The van der Waals surface area contributed by atoms with Crippen LogP contribution in [0, 0.1) is 6.92 Å². The zero-order valence-corrected chi connectivity index (χ0v) is 25.6. The first-order chi connectivity index (χ1) is 21.3. The normalized spacial score (nSPS) is 11.8. The van der Waals surface area contributed by atoms with Gasteiger partial charge in [-0.2, -0.15) is 0 Å². The number of pyridine rings is 1. The van der Waals surface area contributed by atoms with Gasteiger partial charge in [0, 0.05) is 39.5 Å². The van der Waals surface area contributed by atoms with Gasteiger partial charge >= 0.3 is 0 Å². The van der Waals surface area contributed by atoms with Crippen molar-refractivity contribution in [1.82, 2.24) is 15.3 Å². The van der Waals surface area contributed by atoms with Crippen molar-refractivity contribution in [2.45, 2.75) is 24.0 Å². The molecule has 2 aromatic heterocycles. The smallest absolute Gasteiger partial charge is 0.272 e. The lowest BCUT2D eigenvalue weighted by atomic mass is 10.1. The van der Waals surface area contributed by atoms with E-state index in [9.17, 15) is 14.4 Å². The number of hydrogen-bond acceptors (Lipinski definition) is 7. The van der Waals surface area contributed by atoms with Gasteiger partial charge in [-0.05, 0) is 68.0 Å². The number of thiazole rings is 1. The quantitative estimate of drug-likeness (QED) is 0.114. The maximum absolute atomic E-state index is 13.2. The number of carbonyl (C=O) groups excluding carboxylic acids is 3. The molecule has 3 aromatic carbocycles. The number of hydrogen-bond donors (Lipinski definition) is 3. The molecule has 0 aliphatic heterocycles. The highest BCUT2D eigenvalue weighted by atomic mass is 32.2. The van der Waals surface area contributed by atoms with Crippen LogP contribution in [0.3, 0.4) is 0 Å². The standard InChI is InChI=1S/C34H29N5O3S2/c1-22-10-12-25(13-11-22)30-21-43-34(38-30)39-31(40)23(2)44-28-16-14-27(15-17-28)36-33(42)29(19-24-7-6-18-35-20-24)37-32(41)26-8-4-3-5-9-26/h3-21,23H,1-2H3,(H,36,42)(H,37,41)(H,38,39,40)/b29-19-.